The molecule has 1 saturated carbocycles. The smallest absolute Gasteiger partial charge is 0.120 e. The Morgan fingerprint density at radius 3 is 2.42 bits per heavy atom. The maximum Gasteiger partial charge on any atom is 0.120 e. The van der Waals surface area contributed by atoms with Crippen molar-refractivity contribution in [2.75, 3.05) is 14.2 Å². The highest BCUT2D eigenvalue weighted by Crippen LogP contribution is 2.37. The summed E-state index contributed by atoms with van der Waals surface area (Å²) < 4.78 is 5.22. The summed E-state index contributed by atoms with van der Waals surface area (Å²) in [5.74, 6) is 1.52. The summed E-state index contributed by atoms with van der Waals surface area (Å²) in [6.45, 7) is 0. The molecule has 0 aromatic heterocycles. The fourth-order valence-corrected chi connectivity index (χ4v) is 3.46. The molecule has 1 aliphatic rings. The highest BCUT2D eigenvalue weighted by atomic mass is 35.5. The summed E-state index contributed by atoms with van der Waals surface area (Å²) in [6, 6.07) is 6.38. The van der Waals surface area contributed by atoms with Gasteiger partial charge in [-0.05, 0) is 43.5 Å². The highest BCUT2D eigenvalue weighted by Gasteiger charge is 2.24. The van der Waals surface area contributed by atoms with Crippen LogP contribution in [0.2, 0.25) is 5.02 Å². The molecule has 0 spiro atoms. The molecule has 0 amide bonds. The fraction of sp³-hybridized carbons (Fsp3) is 0.625. The van der Waals surface area contributed by atoms with Crippen LogP contribution in [0.25, 0.3) is 0 Å². The lowest BCUT2D eigenvalue weighted by Crippen LogP contribution is -2.25. The maximum absolute atomic E-state index is 6.42. The molecule has 1 atom stereocenters. The highest BCUT2D eigenvalue weighted by molar-refractivity contribution is 6.31. The van der Waals surface area contributed by atoms with Crippen molar-refractivity contribution in [3.05, 3.63) is 28.8 Å². The van der Waals surface area contributed by atoms with Gasteiger partial charge in [0.1, 0.15) is 5.75 Å². The fourth-order valence-electron chi connectivity index (χ4n) is 3.18. The summed E-state index contributed by atoms with van der Waals surface area (Å²) in [5, 5.41) is 4.28. The van der Waals surface area contributed by atoms with Gasteiger partial charge in [0, 0.05) is 11.1 Å². The Bertz CT molecular complexity index is 400. The van der Waals surface area contributed by atoms with E-state index >= 15 is 0 Å². The third-order valence-corrected chi connectivity index (χ3v) is 4.55. The van der Waals surface area contributed by atoms with Gasteiger partial charge in [0.15, 0.2) is 0 Å². The molecule has 1 N–H and O–H groups in total. The van der Waals surface area contributed by atoms with E-state index in [0.717, 1.165) is 10.8 Å². The second-order valence-corrected chi connectivity index (χ2v) is 5.81. The minimum atomic E-state index is 0.358. The monoisotopic (exact) mass is 281 g/mol. The number of hydrogen-bond acceptors (Lipinski definition) is 2. The second kappa shape index (κ2) is 7.16. The van der Waals surface area contributed by atoms with E-state index in [1.54, 1.807) is 7.11 Å². The number of nitrogens with one attached hydrogen (secondary N) is 1. The molecule has 1 aromatic carbocycles. The zero-order chi connectivity index (χ0) is 13.7. The Morgan fingerprint density at radius 1 is 1.21 bits per heavy atom. The van der Waals surface area contributed by atoms with Crippen LogP contribution in [0.1, 0.15) is 50.1 Å². The Balaban J connectivity index is 2.20. The first-order valence-corrected chi connectivity index (χ1v) is 7.64. The van der Waals surface area contributed by atoms with Crippen molar-refractivity contribution in [2.45, 2.75) is 44.6 Å². The zero-order valence-corrected chi connectivity index (χ0v) is 12.7. The maximum atomic E-state index is 6.42. The van der Waals surface area contributed by atoms with Crippen LogP contribution in [0.4, 0.5) is 0 Å². The number of benzene rings is 1. The van der Waals surface area contributed by atoms with Crippen LogP contribution in [0.3, 0.4) is 0 Å². The number of rotatable bonds is 4. The van der Waals surface area contributed by atoms with Gasteiger partial charge in [0.25, 0.3) is 0 Å². The molecular formula is C16H24ClNO. The molecule has 3 heteroatoms. The third-order valence-electron chi connectivity index (χ3n) is 4.22. The zero-order valence-electron chi connectivity index (χ0n) is 11.9. The Hall–Kier alpha value is -0.730. The molecule has 1 aromatic rings. The van der Waals surface area contributed by atoms with Crippen LogP contribution < -0.4 is 10.1 Å². The lowest BCUT2D eigenvalue weighted by atomic mass is 9.87. The van der Waals surface area contributed by atoms with E-state index < -0.39 is 0 Å². The summed E-state index contributed by atoms with van der Waals surface area (Å²) in [5.41, 5.74) is 1.21. The topological polar surface area (TPSA) is 21.3 Å². The quantitative estimate of drug-likeness (QED) is 0.816. The van der Waals surface area contributed by atoms with E-state index in [2.05, 4.69) is 11.4 Å². The normalized spacial score (nSPS) is 18.9. The summed E-state index contributed by atoms with van der Waals surface area (Å²) in [4.78, 5) is 0. The van der Waals surface area contributed by atoms with Gasteiger partial charge in [-0.15, -0.1) is 0 Å². The van der Waals surface area contributed by atoms with Gasteiger partial charge in [-0.2, -0.15) is 0 Å². The van der Waals surface area contributed by atoms with Crippen molar-refractivity contribution < 1.29 is 4.74 Å². The average molecular weight is 282 g/mol. The molecule has 1 fully saturated rings. The lowest BCUT2D eigenvalue weighted by molar-refractivity contribution is 0.341. The second-order valence-electron chi connectivity index (χ2n) is 5.41. The molecule has 19 heavy (non-hydrogen) atoms. The molecule has 106 valence electrons. The predicted octanol–water partition coefficient (Wildman–Crippen LogP) is 4.58. The number of halogens is 1. The van der Waals surface area contributed by atoms with E-state index in [1.165, 1.54) is 44.1 Å². The number of hydrogen-bond donors (Lipinski definition) is 1. The molecule has 0 aliphatic heterocycles. The minimum absolute atomic E-state index is 0.358. The molecule has 0 saturated heterocycles. The van der Waals surface area contributed by atoms with Crippen molar-refractivity contribution in [2.24, 2.45) is 5.92 Å². The van der Waals surface area contributed by atoms with Crippen molar-refractivity contribution in [1.82, 2.24) is 5.32 Å². The van der Waals surface area contributed by atoms with Crippen LogP contribution in [0.15, 0.2) is 18.2 Å². The molecule has 0 heterocycles. The van der Waals surface area contributed by atoms with Gasteiger partial charge >= 0.3 is 0 Å². The van der Waals surface area contributed by atoms with Crippen molar-refractivity contribution in [1.29, 1.82) is 0 Å². The van der Waals surface area contributed by atoms with Crippen molar-refractivity contribution >= 4 is 11.6 Å². The molecule has 0 radical (unpaired) electrons. The van der Waals surface area contributed by atoms with Crippen molar-refractivity contribution in [3.63, 3.8) is 0 Å². The van der Waals surface area contributed by atoms with Crippen LogP contribution in [-0.2, 0) is 0 Å². The van der Waals surface area contributed by atoms with E-state index in [1.807, 2.05) is 19.2 Å². The van der Waals surface area contributed by atoms with E-state index in [0.29, 0.717) is 12.0 Å². The molecule has 1 aliphatic carbocycles. The average Bonchev–Trinajstić information content (AvgIpc) is 2.70. The van der Waals surface area contributed by atoms with Crippen LogP contribution >= 0.6 is 11.6 Å². The first kappa shape index (κ1) is 14.7. The standard InChI is InChI=1S/C16H24ClNO/c1-18-16(12-7-5-3-4-6-8-12)14-10-9-13(19-2)11-15(14)17/h9-12,16,18H,3-8H2,1-2H3. The predicted molar refractivity (Wildman–Crippen MR) is 81.0 cm³/mol. The third kappa shape index (κ3) is 3.64. The molecular weight excluding hydrogens is 258 g/mol. The summed E-state index contributed by atoms with van der Waals surface area (Å²) in [6.07, 6.45) is 8.04. The van der Waals surface area contributed by atoms with Crippen LogP contribution in [0, 0.1) is 5.92 Å². The summed E-state index contributed by atoms with van der Waals surface area (Å²) >= 11 is 6.42. The molecule has 1 unspecified atom stereocenters. The van der Waals surface area contributed by atoms with Crippen LogP contribution in [0.5, 0.6) is 5.75 Å². The Kier molecular flexibility index (Phi) is 5.53. The van der Waals surface area contributed by atoms with Gasteiger partial charge < -0.3 is 10.1 Å². The number of methoxy groups -OCH3 is 1. The first-order valence-electron chi connectivity index (χ1n) is 7.27. The van der Waals surface area contributed by atoms with Gasteiger partial charge in [0.05, 0.1) is 7.11 Å². The SMILES string of the molecule is CNC(c1ccc(OC)cc1Cl)C1CCCCCC1. The van der Waals surface area contributed by atoms with Gasteiger partial charge in [-0.1, -0.05) is 43.4 Å². The van der Waals surface area contributed by atoms with Gasteiger partial charge in [-0.25, -0.2) is 0 Å². The summed E-state index contributed by atoms with van der Waals surface area (Å²) in [7, 11) is 3.71. The van der Waals surface area contributed by atoms with E-state index in [-0.39, 0.29) is 0 Å². The van der Waals surface area contributed by atoms with E-state index in [9.17, 15) is 0 Å². The van der Waals surface area contributed by atoms with E-state index in [4.69, 9.17) is 16.3 Å². The molecule has 0 bridgehead atoms. The first-order chi connectivity index (χ1) is 9.26. The van der Waals surface area contributed by atoms with Crippen molar-refractivity contribution in [3.8, 4) is 5.75 Å². The van der Waals surface area contributed by atoms with Gasteiger partial charge in [-0.3, -0.25) is 0 Å². The molecule has 2 nitrogen and oxygen atoms in total. The minimum Gasteiger partial charge on any atom is -0.497 e. The number of ether oxygens (including phenoxy) is 1. The Labute approximate surface area is 121 Å². The van der Waals surface area contributed by atoms with Gasteiger partial charge in [0.2, 0.25) is 0 Å². The Morgan fingerprint density at radius 2 is 1.89 bits per heavy atom. The largest absolute Gasteiger partial charge is 0.497 e. The lowest BCUT2D eigenvalue weighted by Gasteiger charge is -2.27. The molecule has 2 rings (SSSR count). The van der Waals surface area contributed by atoms with Crippen LogP contribution in [-0.4, -0.2) is 14.2 Å².